The molecule has 2 unspecified atom stereocenters. The minimum atomic E-state index is -0.329. The van der Waals surface area contributed by atoms with Gasteiger partial charge in [0.25, 0.3) is 0 Å². The van der Waals surface area contributed by atoms with Crippen molar-refractivity contribution >= 4 is 114 Å². The SMILES string of the molecule is Cc1nc(N)cnc1Br.Cc1nc(N2CCC(Br)C2=O)cnc1Br.O=C(Cl)C(Br)CCBr. The van der Waals surface area contributed by atoms with Crippen LogP contribution in [0, 0.1) is 13.8 Å². The summed E-state index contributed by atoms with van der Waals surface area (Å²) < 4.78 is 1.46. The summed E-state index contributed by atoms with van der Waals surface area (Å²) in [6.07, 6.45) is 4.68. The van der Waals surface area contributed by atoms with E-state index in [2.05, 4.69) is 99.6 Å². The average molecular weight is 787 g/mol. The molecule has 0 radical (unpaired) electrons. The van der Waals surface area contributed by atoms with Gasteiger partial charge in [0.1, 0.15) is 15.0 Å². The number of carbonyl (C=O) groups is 2. The fourth-order valence-corrected chi connectivity index (χ4v) is 4.40. The maximum atomic E-state index is 11.7. The average Bonchev–Trinajstić information content (AvgIpc) is 3.07. The largest absolute Gasteiger partial charge is 0.382 e. The van der Waals surface area contributed by atoms with Gasteiger partial charge >= 0.3 is 0 Å². The van der Waals surface area contributed by atoms with Crippen molar-refractivity contribution in [1.29, 1.82) is 0 Å². The van der Waals surface area contributed by atoms with E-state index in [0.29, 0.717) is 22.8 Å². The Morgan fingerprint density at radius 1 is 1.22 bits per heavy atom. The zero-order valence-electron chi connectivity index (χ0n) is 17.0. The minimum Gasteiger partial charge on any atom is -0.382 e. The van der Waals surface area contributed by atoms with Gasteiger partial charge in [0, 0.05) is 11.9 Å². The second-order valence-electron chi connectivity index (χ2n) is 6.27. The summed E-state index contributed by atoms with van der Waals surface area (Å²) in [6.45, 7) is 4.39. The molecule has 0 aliphatic carbocycles. The lowest BCUT2D eigenvalue weighted by atomic mass is 10.4. The summed E-state index contributed by atoms with van der Waals surface area (Å²) in [7, 11) is 0. The topological polar surface area (TPSA) is 115 Å². The Kier molecular flexibility index (Phi) is 13.9. The molecule has 2 aromatic rings. The highest BCUT2D eigenvalue weighted by molar-refractivity contribution is 9.11. The normalized spacial score (nSPS) is 15.9. The Labute approximate surface area is 233 Å². The number of hydrogen-bond acceptors (Lipinski definition) is 7. The van der Waals surface area contributed by atoms with E-state index in [1.165, 1.54) is 6.20 Å². The minimum absolute atomic E-state index is 0.0611. The van der Waals surface area contributed by atoms with Crippen molar-refractivity contribution in [3.63, 3.8) is 0 Å². The second kappa shape index (κ2) is 14.9. The fraction of sp³-hybridized carbons (Fsp3) is 0.444. The standard InChI is InChI=1S/C9H9Br2N3O.C5H6BrN3.C4H5Br2ClO/c1-5-8(11)12-4-7(13-5)14-3-2-6(10)9(14)15;1-3-5(6)8-2-4(7)9-3;5-2-1-3(6)4(7)8/h4,6H,2-3H2,1H3;2H,1H3,(H2,7,9);3H,1-2H2. The molecule has 32 heavy (non-hydrogen) atoms. The zero-order chi connectivity index (χ0) is 24.4. The third-order valence-corrected chi connectivity index (χ3v) is 8.07. The van der Waals surface area contributed by atoms with Gasteiger partial charge in [0.2, 0.25) is 11.1 Å². The number of rotatable bonds is 4. The highest BCUT2D eigenvalue weighted by Gasteiger charge is 2.31. The molecule has 1 aliphatic rings. The summed E-state index contributed by atoms with van der Waals surface area (Å²) in [5.41, 5.74) is 6.94. The Morgan fingerprint density at radius 3 is 2.16 bits per heavy atom. The number of nitrogen functional groups attached to an aromatic ring is 1. The van der Waals surface area contributed by atoms with E-state index >= 15 is 0 Å². The van der Waals surface area contributed by atoms with Gasteiger partial charge in [-0.15, -0.1) is 0 Å². The van der Waals surface area contributed by atoms with Crippen LogP contribution in [0.4, 0.5) is 11.6 Å². The van der Waals surface area contributed by atoms with Crippen molar-refractivity contribution in [2.75, 3.05) is 22.5 Å². The van der Waals surface area contributed by atoms with E-state index < -0.39 is 0 Å². The van der Waals surface area contributed by atoms with E-state index in [-0.39, 0.29) is 20.8 Å². The lowest BCUT2D eigenvalue weighted by Crippen LogP contribution is -2.28. The van der Waals surface area contributed by atoms with E-state index in [1.54, 1.807) is 11.1 Å². The molecule has 3 rings (SSSR count). The molecule has 2 atom stereocenters. The third kappa shape index (κ3) is 9.96. The molecular weight excluding hydrogens is 767 g/mol. The fourth-order valence-electron chi connectivity index (χ4n) is 2.15. The molecule has 0 bridgehead atoms. The Hall–Kier alpha value is -0.210. The van der Waals surface area contributed by atoms with Gasteiger partial charge in [0.05, 0.1) is 33.4 Å². The van der Waals surface area contributed by atoms with Crippen LogP contribution in [-0.4, -0.2) is 52.6 Å². The van der Waals surface area contributed by atoms with E-state index in [0.717, 1.165) is 34.2 Å². The van der Waals surface area contributed by atoms with Crippen molar-refractivity contribution in [3.05, 3.63) is 33.0 Å². The van der Waals surface area contributed by atoms with Gasteiger partial charge in [-0.2, -0.15) is 0 Å². The molecule has 1 fully saturated rings. The Balaban J connectivity index is 0.000000260. The molecule has 0 spiro atoms. The molecule has 176 valence electrons. The predicted molar refractivity (Wildman–Crippen MR) is 145 cm³/mol. The van der Waals surface area contributed by atoms with Crippen LogP contribution in [0.3, 0.4) is 0 Å². The lowest BCUT2D eigenvalue weighted by Gasteiger charge is -2.14. The number of halogens is 6. The van der Waals surface area contributed by atoms with Gasteiger partial charge < -0.3 is 5.73 Å². The molecule has 2 aromatic heterocycles. The Morgan fingerprint density at radius 2 is 1.78 bits per heavy atom. The maximum Gasteiger partial charge on any atom is 0.242 e. The van der Waals surface area contributed by atoms with Gasteiger partial charge in [-0.3, -0.25) is 14.5 Å². The van der Waals surface area contributed by atoms with Gasteiger partial charge in [-0.1, -0.05) is 47.8 Å². The van der Waals surface area contributed by atoms with E-state index in [4.69, 9.17) is 17.3 Å². The van der Waals surface area contributed by atoms with Crippen molar-refractivity contribution in [3.8, 4) is 0 Å². The van der Waals surface area contributed by atoms with Crippen LogP contribution in [0.25, 0.3) is 0 Å². The molecule has 8 nitrogen and oxygen atoms in total. The quantitative estimate of drug-likeness (QED) is 0.323. The molecule has 0 saturated carbocycles. The number of amides is 1. The summed E-state index contributed by atoms with van der Waals surface area (Å²) in [5.74, 6) is 1.14. The first-order valence-electron chi connectivity index (χ1n) is 9.06. The number of alkyl halides is 3. The molecule has 1 amide bonds. The number of aryl methyl sites for hydroxylation is 2. The van der Waals surface area contributed by atoms with Crippen molar-refractivity contribution < 1.29 is 9.59 Å². The number of aromatic nitrogens is 4. The molecule has 14 heteroatoms. The van der Waals surface area contributed by atoms with Crippen LogP contribution < -0.4 is 10.6 Å². The number of nitrogens with zero attached hydrogens (tertiary/aromatic N) is 5. The first kappa shape index (κ1) is 29.8. The summed E-state index contributed by atoms with van der Waals surface area (Å²) in [4.78, 5) is 39.6. The predicted octanol–water partition coefficient (Wildman–Crippen LogP) is 5.48. The molecular formula is C18H20Br5ClN6O2. The monoisotopic (exact) mass is 782 g/mol. The highest BCUT2D eigenvalue weighted by atomic mass is 79.9. The van der Waals surface area contributed by atoms with Crippen LogP contribution >= 0.6 is 91.3 Å². The number of carbonyl (C=O) groups excluding carboxylic acids is 2. The van der Waals surface area contributed by atoms with E-state index in [9.17, 15) is 9.59 Å². The molecule has 1 aliphatic heterocycles. The first-order valence-corrected chi connectivity index (χ1v) is 14.0. The lowest BCUT2D eigenvalue weighted by molar-refractivity contribution is -0.116. The van der Waals surface area contributed by atoms with Crippen molar-refractivity contribution in [2.45, 2.75) is 36.3 Å². The maximum absolute atomic E-state index is 11.7. The smallest absolute Gasteiger partial charge is 0.242 e. The van der Waals surface area contributed by atoms with Gasteiger partial charge in [0.15, 0.2) is 5.82 Å². The number of hydrogen-bond donors (Lipinski definition) is 1. The molecule has 3 heterocycles. The van der Waals surface area contributed by atoms with Crippen LogP contribution in [0.15, 0.2) is 21.6 Å². The zero-order valence-corrected chi connectivity index (χ0v) is 25.7. The molecule has 0 aromatic carbocycles. The Bertz CT molecular complexity index is 939. The van der Waals surface area contributed by atoms with Gasteiger partial charge in [-0.05, 0) is 70.1 Å². The summed E-state index contributed by atoms with van der Waals surface area (Å²) in [6, 6.07) is 0. The molecule has 1 saturated heterocycles. The third-order valence-electron chi connectivity index (χ3n) is 3.81. The van der Waals surface area contributed by atoms with Crippen LogP contribution in [0.5, 0.6) is 0 Å². The number of nitrogens with two attached hydrogens (primary N) is 1. The molecule has 2 N–H and O–H groups in total. The van der Waals surface area contributed by atoms with Crippen LogP contribution in [-0.2, 0) is 9.59 Å². The highest BCUT2D eigenvalue weighted by Crippen LogP contribution is 2.24. The van der Waals surface area contributed by atoms with Crippen LogP contribution in [0.1, 0.15) is 24.2 Å². The van der Waals surface area contributed by atoms with Gasteiger partial charge in [-0.25, -0.2) is 19.9 Å². The van der Waals surface area contributed by atoms with Crippen molar-refractivity contribution in [1.82, 2.24) is 19.9 Å². The first-order chi connectivity index (χ1) is 15.0. The van der Waals surface area contributed by atoms with Crippen molar-refractivity contribution in [2.24, 2.45) is 0 Å². The second-order valence-corrected chi connectivity index (χ2v) is 11.1. The number of anilines is 2. The van der Waals surface area contributed by atoms with E-state index in [1.807, 2.05) is 13.8 Å². The summed E-state index contributed by atoms with van der Waals surface area (Å²) in [5, 5.41) is 0.464. The van der Waals surface area contributed by atoms with Crippen LogP contribution in [0.2, 0.25) is 0 Å². The summed E-state index contributed by atoms with van der Waals surface area (Å²) >= 11 is 21.2.